The van der Waals surface area contributed by atoms with Crippen LogP contribution in [0.25, 0.3) is 17.1 Å². The van der Waals surface area contributed by atoms with Crippen LogP contribution in [0.15, 0.2) is 41.0 Å². The number of ether oxygens (including phenoxy) is 1. The molecule has 1 saturated heterocycles. The average Bonchev–Trinajstić information content (AvgIpc) is 3.59. The molecule has 0 unspecified atom stereocenters. The SMILES string of the molecule is C[C@H](Oc1cc(N2CCN(CCN(C)c3nc(N)n4nc(-c5ccco5)cc4n3)CC2)c(F)cc1F)C(=O)O. The van der Waals surface area contributed by atoms with Crippen molar-refractivity contribution in [1.29, 1.82) is 0 Å². The molecule has 1 aliphatic rings. The molecule has 14 heteroatoms. The molecule has 1 aromatic carbocycles. The number of fused-ring (bicyclic) bond motifs is 1. The topological polar surface area (TPSA) is 138 Å². The number of piperazine rings is 1. The molecule has 1 atom stereocenters. The number of benzene rings is 1. The highest BCUT2D eigenvalue weighted by atomic mass is 19.1. The van der Waals surface area contributed by atoms with Gasteiger partial charge >= 0.3 is 5.97 Å². The molecule has 4 heterocycles. The number of likely N-dealkylation sites (N-methyl/N-ethyl adjacent to an activating group) is 1. The van der Waals surface area contributed by atoms with Crippen LogP contribution >= 0.6 is 0 Å². The van der Waals surface area contributed by atoms with Gasteiger partial charge in [0.15, 0.2) is 29.1 Å². The van der Waals surface area contributed by atoms with Crippen molar-refractivity contribution in [3.05, 3.63) is 48.2 Å². The number of aliphatic carboxylic acids is 1. The van der Waals surface area contributed by atoms with E-state index < -0.39 is 23.7 Å². The summed E-state index contributed by atoms with van der Waals surface area (Å²) >= 11 is 0. The molecule has 0 bridgehead atoms. The molecule has 3 aromatic heterocycles. The van der Waals surface area contributed by atoms with Crippen molar-refractivity contribution in [3.63, 3.8) is 0 Å². The van der Waals surface area contributed by atoms with Gasteiger partial charge in [0.05, 0.1) is 12.0 Å². The Morgan fingerprint density at radius 1 is 1.21 bits per heavy atom. The molecular formula is C25H28F2N8O4. The minimum Gasteiger partial charge on any atom is -0.479 e. The van der Waals surface area contributed by atoms with Crippen molar-refractivity contribution in [2.45, 2.75) is 13.0 Å². The molecule has 4 aromatic rings. The Morgan fingerprint density at radius 2 is 1.97 bits per heavy atom. The van der Waals surface area contributed by atoms with E-state index in [0.29, 0.717) is 62.3 Å². The Morgan fingerprint density at radius 3 is 2.67 bits per heavy atom. The van der Waals surface area contributed by atoms with Crippen molar-refractivity contribution in [1.82, 2.24) is 24.5 Å². The summed E-state index contributed by atoms with van der Waals surface area (Å²) in [6.45, 7) is 4.89. The van der Waals surface area contributed by atoms with Gasteiger partial charge in [0.2, 0.25) is 11.9 Å². The van der Waals surface area contributed by atoms with E-state index in [0.717, 1.165) is 6.07 Å². The van der Waals surface area contributed by atoms with Crippen LogP contribution in [0.1, 0.15) is 6.92 Å². The Hall–Kier alpha value is -4.46. The fraction of sp³-hybridized carbons (Fsp3) is 0.360. The molecule has 0 saturated carbocycles. The van der Waals surface area contributed by atoms with Crippen LogP contribution in [0.4, 0.5) is 26.4 Å². The maximum Gasteiger partial charge on any atom is 0.344 e. The lowest BCUT2D eigenvalue weighted by molar-refractivity contribution is -0.144. The Bertz CT molecular complexity index is 1470. The molecular weight excluding hydrogens is 514 g/mol. The van der Waals surface area contributed by atoms with Crippen LogP contribution in [0.2, 0.25) is 0 Å². The summed E-state index contributed by atoms with van der Waals surface area (Å²) in [5.74, 6) is -1.94. The van der Waals surface area contributed by atoms with Crippen LogP contribution in [0, 0.1) is 11.6 Å². The Kier molecular flexibility index (Phi) is 7.19. The quantitative estimate of drug-likeness (QED) is 0.322. The molecule has 0 aliphatic carbocycles. The van der Waals surface area contributed by atoms with E-state index in [4.69, 9.17) is 20.0 Å². The monoisotopic (exact) mass is 542 g/mol. The van der Waals surface area contributed by atoms with Gasteiger partial charge in [-0.15, -0.1) is 0 Å². The zero-order valence-corrected chi connectivity index (χ0v) is 21.4. The maximum absolute atomic E-state index is 14.6. The van der Waals surface area contributed by atoms with Gasteiger partial charge in [0.25, 0.3) is 0 Å². The minimum atomic E-state index is -1.27. The number of nitrogens with zero attached hydrogens (tertiary/aromatic N) is 7. The maximum atomic E-state index is 14.6. The number of carbonyl (C=O) groups is 1. The molecule has 3 N–H and O–H groups in total. The first-order chi connectivity index (χ1) is 18.7. The number of anilines is 3. The second kappa shape index (κ2) is 10.7. The number of furan rings is 1. The lowest BCUT2D eigenvalue weighted by Gasteiger charge is -2.37. The van der Waals surface area contributed by atoms with E-state index in [9.17, 15) is 13.6 Å². The summed E-state index contributed by atoms with van der Waals surface area (Å²) in [5, 5.41) is 13.4. The third-order valence-electron chi connectivity index (χ3n) is 6.57. The highest BCUT2D eigenvalue weighted by Crippen LogP contribution is 2.30. The third kappa shape index (κ3) is 5.55. The summed E-state index contributed by atoms with van der Waals surface area (Å²) in [5.41, 5.74) is 7.45. The largest absolute Gasteiger partial charge is 0.479 e. The van der Waals surface area contributed by atoms with Gasteiger partial charge in [0.1, 0.15) is 11.5 Å². The van der Waals surface area contributed by atoms with Gasteiger partial charge in [-0.2, -0.15) is 19.6 Å². The standard InChI is InChI=1S/C25H28F2N8O4/c1-15(23(36)37)39-21-14-19(16(26)12-17(21)27)34-9-7-33(8-10-34)6-5-32(2)25-29-22-13-18(20-4-3-11-38-20)31-35(22)24(28)30-25/h3-4,11-15H,5-10H2,1-2H3,(H,36,37)(H2,28,29,30)/t15-/m0/s1. The predicted octanol–water partition coefficient (Wildman–Crippen LogP) is 2.35. The highest BCUT2D eigenvalue weighted by molar-refractivity contribution is 5.72. The van der Waals surface area contributed by atoms with Gasteiger partial charge in [0, 0.05) is 64.5 Å². The smallest absolute Gasteiger partial charge is 0.344 e. The van der Waals surface area contributed by atoms with Crippen molar-refractivity contribution in [3.8, 4) is 17.2 Å². The Balaban J connectivity index is 1.19. The second-order valence-electron chi connectivity index (χ2n) is 9.24. The lowest BCUT2D eigenvalue weighted by atomic mass is 10.2. The summed E-state index contributed by atoms with van der Waals surface area (Å²) in [7, 11) is 1.87. The van der Waals surface area contributed by atoms with E-state index in [2.05, 4.69) is 20.0 Å². The van der Waals surface area contributed by atoms with Crippen molar-refractivity contribution < 1.29 is 27.8 Å². The molecule has 0 amide bonds. The summed E-state index contributed by atoms with van der Waals surface area (Å²) in [6.07, 6.45) is 0.302. The average molecular weight is 543 g/mol. The first-order valence-corrected chi connectivity index (χ1v) is 12.3. The van der Waals surface area contributed by atoms with E-state index in [1.54, 1.807) is 29.4 Å². The fourth-order valence-electron chi connectivity index (χ4n) is 4.31. The zero-order valence-electron chi connectivity index (χ0n) is 21.4. The molecule has 39 heavy (non-hydrogen) atoms. The summed E-state index contributed by atoms with van der Waals surface area (Å²) in [4.78, 5) is 25.9. The van der Waals surface area contributed by atoms with Gasteiger partial charge in [-0.25, -0.2) is 13.6 Å². The van der Waals surface area contributed by atoms with Gasteiger partial charge in [-0.3, -0.25) is 4.90 Å². The van der Waals surface area contributed by atoms with Gasteiger partial charge in [-0.1, -0.05) is 0 Å². The predicted molar refractivity (Wildman–Crippen MR) is 139 cm³/mol. The van der Waals surface area contributed by atoms with Crippen LogP contribution in [-0.4, -0.2) is 88.0 Å². The molecule has 5 rings (SSSR count). The molecule has 0 radical (unpaired) electrons. The van der Waals surface area contributed by atoms with E-state index >= 15 is 0 Å². The van der Waals surface area contributed by atoms with Crippen LogP contribution < -0.4 is 20.3 Å². The molecule has 1 fully saturated rings. The van der Waals surface area contributed by atoms with Crippen molar-refractivity contribution in [2.75, 3.05) is 61.8 Å². The number of nitrogens with two attached hydrogens (primary N) is 1. The first-order valence-electron chi connectivity index (χ1n) is 12.3. The Labute approximate surface area is 222 Å². The van der Waals surface area contributed by atoms with Crippen LogP contribution in [0.5, 0.6) is 5.75 Å². The van der Waals surface area contributed by atoms with Crippen LogP contribution in [-0.2, 0) is 4.79 Å². The molecule has 12 nitrogen and oxygen atoms in total. The molecule has 206 valence electrons. The van der Waals surface area contributed by atoms with Gasteiger partial charge in [-0.05, 0) is 19.1 Å². The highest BCUT2D eigenvalue weighted by Gasteiger charge is 2.24. The van der Waals surface area contributed by atoms with Crippen LogP contribution in [0.3, 0.4) is 0 Å². The number of hydrogen-bond acceptors (Lipinski definition) is 10. The normalized spacial score (nSPS) is 15.0. The summed E-state index contributed by atoms with van der Waals surface area (Å²) in [6, 6.07) is 7.30. The number of nitrogen functional groups attached to an aromatic ring is 1. The van der Waals surface area contributed by atoms with E-state index in [1.165, 1.54) is 17.5 Å². The lowest BCUT2D eigenvalue weighted by Crippen LogP contribution is -2.48. The second-order valence-corrected chi connectivity index (χ2v) is 9.24. The molecule has 1 aliphatic heterocycles. The number of carboxylic acid groups (broad SMARTS) is 1. The van der Waals surface area contributed by atoms with Crippen molar-refractivity contribution in [2.24, 2.45) is 0 Å². The summed E-state index contributed by atoms with van der Waals surface area (Å²) < 4.78 is 40.7. The number of aromatic nitrogens is 4. The minimum absolute atomic E-state index is 0.174. The number of carboxylic acids is 1. The third-order valence-corrected chi connectivity index (χ3v) is 6.57. The van der Waals surface area contributed by atoms with Gasteiger partial charge < -0.3 is 29.8 Å². The number of rotatable bonds is 9. The first kappa shape index (κ1) is 26.2. The van der Waals surface area contributed by atoms with E-state index in [1.807, 2.05) is 11.9 Å². The number of hydrogen-bond donors (Lipinski definition) is 2. The molecule has 0 spiro atoms. The number of halogens is 2. The van der Waals surface area contributed by atoms with E-state index in [-0.39, 0.29) is 17.4 Å². The fourth-order valence-corrected chi connectivity index (χ4v) is 4.31. The van der Waals surface area contributed by atoms with Crippen molar-refractivity contribution >= 4 is 29.2 Å². The zero-order chi connectivity index (χ0) is 27.7.